The molecule has 1 amide bonds. The first-order valence-electron chi connectivity index (χ1n) is 9.05. The van der Waals surface area contributed by atoms with Gasteiger partial charge in [0.2, 0.25) is 0 Å². The highest BCUT2D eigenvalue weighted by molar-refractivity contribution is 5.95. The van der Waals surface area contributed by atoms with Gasteiger partial charge in [-0.3, -0.25) is 9.89 Å². The molecule has 1 saturated heterocycles. The van der Waals surface area contributed by atoms with Crippen LogP contribution in [0.1, 0.15) is 27.8 Å². The summed E-state index contributed by atoms with van der Waals surface area (Å²) in [6, 6.07) is 3.18. The zero-order valence-corrected chi connectivity index (χ0v) is 15.2. The van der Waals surface area contributed by atoms with Crippen LogP contribution in [-0.2, 0) is 17.5 Å². The number of fused-ring (bicyclic) bond motifs is 4. The molecular weight excluding hydrogens is 408 g/mol. The van der Waals surface area contributed by atoms with E-state index in [1.54, 1.807) is 12.3 Å². The first-order chi connectivity index (χ1) is 14.4. The summed E-state index contributed by atoms with van der Waals surface area (Å²) in [6.07, 6.45) is -3.34. The van der Waals surface area contributed by atoms with Crippen molar-refractivity contribution in [2.45, 2.75) is 24.8 Å². The van der Waals surface area contributed by atoms with Crippen LogP contribution in [0.4, 0.5) is 17.6 Å². The Kier molecular flexibility index (Phi) is 4.13. The molecule has 0 radical (unpaired) electrons. The summed E-state index contributed by atoms with van der Waals surface area (Å²) >= 11 is 0. The lowest BCUT2D eigenvalue weighted by atomic mass is 10.0. The van der Waals surface area contributed by atoms with E-state index in [2.05, 4.69) is 20.4 Å². The molecule has 1 fully saturated rings. The predicted octanol–water partition coefficient (Wildman–Crippen LogP) is 2.42. The number of rotatable bonds is 2. The van der Waals surface area contributed by atoms with Crippen LogP contribution in [0, 0.1) is 5.82 Å². The highest BCUT2D eigenvalue weighted by Crippen LogP contribution is 2.37. The molecular formula is C18H14F4N6O2. The normalized spacial score (nSPS) is 20.9. The quantitative estimate of drug-likeness (QED) is 0.641. The van der Waals surface area contributed by atoms with Crippen molar-refractivity contribution in [2.24, 2.45) is 0 Å². The fourth-order valence-electron chi connectivity index (χ4n) is 3.96. The first-order valence-corrected chi connectivity index (χ1v) is 9.05. The van der Waals surface area contributed by atoms with Crippen molar-refractivity contribution in [3.05, 3.63) is 53.2 Å². The zero-order valence-electron chi connectivity index (χ0n) is 15.2. The van der Waals surface area contributed by atoms with Crippen molar-refractivity contribution in [3.8, 4) is 11.5 Å². The number of nitrogens with zero attached hydrogens (tertiary/aromatic N) is 5. The molecule has 156 valence electrons. The number of carbonyl (C=O) groups excluding carboxylic acids is 1. The molecule has 0 spiro atoms. The van der Waals surface area contributed by atoms with E-state index in [4.69, 9.17) is 4.74 Å². The molecule has 2 aliphatic heterocycles. The van der Waals surface area contributed by atoms with Gasteiger partial charge in [0.25, 0.3) is 5.91 Å². The zero-order chi connectivity index (χ0) is 21.0. The summed E-state index contributed by atoms with van der Waals surface area (Å²) in [6.45, 7) is 0.478. The molecule has 30 heavy (non-hydrogen) atoms. The average molecular weight is 422 g/mol. The Balaban J connectivity index is 1.55. The number of benzene rings is 1. The van der Waals surface area contributed by atoms with Gasteiger partial charge in [-0.2, -0.15) is 18.3 Å². The topological polar surface area (TPSA) is 88.9 Å². The number of hydrogen-bond acceptors (Lipinski definition) is 5. The van der Waals surface area contributed by atoms with E-state index in [9.17, 15) is 22.4 Å². The van der Waals surface area contributed by atoms with Crippen LogP contribution in [-0.4, -0.2) is 55.0 Å². The molecule has 12 heteroatoms. The number of H-pyrrole nitrogens is 1. The SMILES string of the molecule is O=C(c1cccc(C(F)(F)F)c1F)N1C2COCC1c1nnc(-c3ccn[nH]3)n1C2. The maximum absolute atomic E-state index is 14.6. The molecule has 2 unspecified atom stereocenters. The summed E-state index contributed by atoms with van der Waals surface area (Å²) in [4.78, 5) is 14.5. The Labute approximate surface area is 166 Å². The Morgan fingerprint density at radius 3 is 2.77 bits per heavy atom. The van der Waals surface area contributed by atoms with E-state index in [0.717, 1.165) is 12.1 Å². The second-order valence-corrected chi connectivity index (χ2v) is 7.05. The lowest BCUT2D eigenvalue weighted by molar-refractivity contribution is -0.140. The van der Waals surface area contributed by atoms with Crippen LogP contribution in [0.3, 0.4) is 0 Å². The molecule has 1 N–H and O–H groups in total. The lowest BCUT2D eigenvalue weighted by Crippen LogP contribution is -2.56. The Morgan fingerprint density at radius 1 is 1.20 bits per heavy atom. The second kappa shape index (κ2) is 6.62. The maximum atomic E-state index is 14.6. The Bertz CT molecular complexity index is 1110. The van der Waals surface area contributed by atoms with Crippen LogP contribution in [0.2, 0.25) is 0 Å². The van der Waals surface area contributed by atoms with Crippen molar-refractivity contribution < 1.29 is 27.1 Å². The van der Waals surface area contributed by atoms with Crippen LogP contribution < -0.4 is 0 Å². The molecule has 2 atom stereocenters. The highest BCUT2D eigenvalue weighted by atomic mass is 19.4. The molecule has 3 aromatic rings. The van der Waals surface area contributed by atoms with E-state index in [-0.39, 0.29) is 19.8 Å². The average Bonchev–Trinajstić information content (AvgIpc) is 3.35. The molecule has 2 aliphatic rings. The van der Waals surface area contributed by atoms with Gasteiger partial charge in [0, 0.05) is 12.7 Å². The lowest BCUT2D eigenvalue weighted by Gasteiger charge is -2.45. The number of halogens is 4. The van der Waals surface area contributed by atoms with Gasteiger partial charge in [-0.15, -0.1) is 10.2 Å². The smallest absolute Gasteiger partial charge is 0.377 e. The van der Waals surface area contributed by atoms with E-state index >= 15 is 0 Å². The van der Waals surface area contributed by atoms with Gasteiger partial charge < -0.3 is 14.2 Å². The number of hydrogen-bond donors (Lipinski definition) is 1. The van der Waals surface area contributed by atoms with Crippen LogP contribution in [0.5, 0.6) is 0 Å². The van der Waals surface area contributed by atoms with Gasteiger partial charge in [-0.25, -0.2) is 4.39 Å². The number of aromatic nitrogens is 5. The predicted molar refractivity (Wildman–Crippen MR) is 92.5 cm³/mol. The molecule has 8 nitrogen and oxygen atoms in total. The third-order valence-electron chi connectivity index (χ3n) is 5.30. The molecule has 5 rings (SSSR count). The molecule has 0 aliphatic carbocycles. The standard InChI is InChI=1S/C18H14F4N6O2/c19-14-10(2-1-3-11(14)18(20,21)22)17(29)28-9-6-27-15(12-4-5-23-24-12)25-26-16(27)13(28)8-30-7-9/h1-5,9,13H,6-8H2,(H,23,24). The summed E-state index contributed by atoms with van der Waals surface area (Å²) in [7, 11) is 0. The van der Waals surface area contributed by atoms with Crippen molar-refractivity contribution >= 4 is 5.91 Å². The van der Waals surface area contributed by atoms with Crippen molar-refractivity contribution in [1.82, 2.24) is 29.9 Å². The Hall–Kier alpha value is -3.28. The minimum atomic E-state index is -4.90. The number of amides is 1. The van der Waals surface area contributed by atoms with Crippen molar-refractivity contribution in [1.29, 1.82) is 0 Å². The fraction of sp³-hybridized carbons (Fsp3) is 0.333. The second-order valence-electron chi connectivity index (χ2n) is 7.05. The van der Waals surface area contributed by atoms with Gasteiger partial charge >= 0.3 is 6.18 Å². The van der Waals surface area contributed by atoms with Gasteiger partial charge in [0.05, 0.1) is 30.4 Å². The van der Waals surface area contributed by atoms with Crippen LogP contribution in [0.15, 0.2) is 30.5 Å². The number of morpholine rings is 1. The van der Waals surface area contributed by atoms with Gasteiger partial charge in [0.1, 0.15) is 17.6 Å². The first kappa shape index (κ1) is 18.7. The van der Waals surface area contributed by atoms with E-state index in [1.807, 2.05) is 4.57 Å². The number of nitrogens with one attached hydrogen (secondary N) is 1. The van der Waals surface area contributed by atoms with Crippen LogP contribution in [0.25, 0.3) is 11.5 Å². The Morgan fingerprint density at radius 2 is 2.03 bits per heavy atom. The van der Waals surface area contributed by atoms with Gasteiger partial charge in [-0.05, 0) is 18.2 Å². The highest BCUT2D eigenvalue weighted by Gasteiger charge is 2.45. The third-order valence-corrected chi connectivity index (χ3v) is 5.30. The number of alkyl halides is 3. The third kappa shape index (κ3) is 2.78. The minimum Gasteiger partial charge on any atom is -0.377 e. The van der Waals surface area contributed by atoms with E-state index in [1.165, 1.54) is 4.90 Å². The number of aromatic amines is 1. The molecule has 2 aromatic heterocycles. The summed E-state index contributed by atoms with van der Waals surface area (Å²) in [5, 5.41) is 15.0. The molecule has 0 saturated carbocycles. The summed E-state index contributed by atoms with van der Waals surface area (Å²) in [5.41, 5.74) is -1.48. The maximum Gasteiger partial charge on any atom is 0.419 e. The molecule has 4 heterocycles. The fourth-order valence-corrected chi connectivity index (χ4v) is 3.96. The number of carbonyl (C=O) groups is 1. The van der Waals surface area contributed by atoms with E-state index in [0.29, 0.717) is 23.4 Å². The van der Waals surface area contributed by atoms with Crippen molar-refractivity contribution in [2.75, 3.05) is 13.2 Å². The van der Waals surface area contributed by atoms with E-state index < -0.39 is 41.1 Å². The van der Waals surface area contributed by atoms with Crippen molar-refractivity contribution in [3.63, 3.8) is 0 Å². The number of ether oxygens (including phenoxy) is 1. The molecule has 2 bridgehead atoms. The van der Waals surface area contributed by atoms with Gasteiger partial charge in [0.15, 0.2) is 11.6 Å². The van der Waals surface area contributed by atoms with Gasteiger partial charge in [-0.1, -0.05) is 6.07 Å². The molecule has 1 aromatic carbocycles. The summed E-state index contributed by atoms with van der Waals surface area (Å²) in [5.74, 6) is -1.48. The summed E-state index contributed by atoms with van der Waals surface area (Å²) < 4.78 is 61.2. The monoisotopic (exact) mass is 422 g/mol. The largest absolute Gasteiger partial charge is 0.419 e. The van der Waals surface area contributed by atoms with Crippen LogP contribution >= 0.6 is 0 Å². The minimum absolute atomic E-state index is 0.0733.